The standard InChI is InChI=1S/C23H24ClN3O7/c1-33-22(31)11-25-20(29)13-26-12-15-4-2-3-5-19(15)27(14-21(26)30)23(32)17-7-6-16(10-18(17)24)34-9-8-28/h2-7,10,28H,8-9,11-14H2,1H3,(H,25,29). The van der Waals surface area contributed by atoms with Crippen molar-refractivity contribution >= 4 is 41.0 Å². The molecule has 0 aliphatic carbocycles. The molecule has 180 valence electrons. The van der Waals surface area contributed by atoms with Crippen molar-refractivity contribution in [2.45, 2.75) is 6.54 Å². The van der Waals surface area contributed by atoms with Gasteiger partial charge in [-0.3, -0.25) is 24.1 Å². The number of anilines is 1. The third kappa shape index (κ3) is 6.03. The number of hydrogen-bond donors (Lipinski definition) is 2. The fraction of sp³-hybridized carbons (Fsp3) is 0.304. The zero-order valence-corrected chi connectivity index (χ0v) is 19.2. The van der Waals surface area contributed by atoms with E-state index in [0.29, 0.717) is 17.0 Å². The van der Waals surface area contributed by atoms with Crippen LogP contribution in [0.4, 0.5) is 5.69 Å². The highest BCUT2D eigenvalue weighted by Gasteiger charge is 2.31. The van der Waals surface area contributed by atoms with E-state index in [1.165, 1.54) is 29.0 Å². The van der Waals surface area contributed by atoms with Gasteiger partial charge >= 0.3 is 5.97 Å². The van der Waals surface area contributed by atoms with E-state index in [9.17, 15) is 19.2 Å². The molecule has 10 nitrogen and oxygen atoms in total. The van der Waals surface area contributed by atoms with E-state index in [2.05, 4.69) is 10.1 Å². The third-order valence-corrected chi connectivity index (χ3v) is 5.37. The topological polar surface area (TPSA) is 125 Å². The first kappa shape index (κ1) is 25.0. The Bertz CT molecular complexity index is 1090. The minimum absolute atomic E-state index is 0.0840. The number of carbonyl (C=O) groups excluding carboxylic acids is 4. The number of esters is 1. The lowest BCUT2D eigenvalue weighted by Gasteiger charge is -2.23. The maximum atomic E-state index is 13.4. The van der Waals surface area contributed by atoms with Crippen molar-refractivity contribution in [3.05, 3.63) is 58.6 Å². The normalized spacial score (nSPS) is 13.1. The Balaban J connectivity index is 1.82. The monoisotopic (exact) mass is 489 g/mol. The molecule has 0 bridgehead atoms. The lowest BCUT2D eigenvalue weighted by Crippen LogP contribution is -2.45. The van der Waals surface area contributed by atoms with Gasteiger partial charge in [-0.1, -0.05) is 29.8 Å². The van der Waals surface area contributed by atoms with Crippen LogP contribution in [0.2, 0.25) is 5.02 Å². The molecule has 0 atom stereocenters. The number of aliphatic hydroxyl groups is 1. The highest BCUT2D eigenvalue weighted by molar-refractivity contribution is 6.34. The summed E-state index contributed by atoms with van der Waals surface area (Å²) in [6.07, 6.45) is 0. The molecule has 0 unspecified atom stereocenters. The predicted octanol–water partition coefficient (Wildman–Crippen LogP) is 0.989. The van der Waals surface area contributed by atoms with Crippen LogP contribution in [0.5, 0.6) is 5.75 Å². The second-order valence-corrected chi connectivity index (χ2v) is 7.74. The number of ether oxygens (including phenoxy) is 2. The smallest absolute Gasteiger partial charge is 0.325 e. The number of amides is 3. The molecule has 2 N–H and O–H groups in total. The largest absolute Gasteiger partial charge is 0.491 e. The van der Waals surface area contributed by atoms with E-state index in [1.54, 1.807) is 30.3 Å². The van der Waals surface area contributed by atoms with Crippen LogP contribution < -0.4 is 15.0 Å². The first-order valence-electron chi connectivity index (χ1n) is 10.4. The number of hydrogen-bond acceptors (Lipinski definition) is 7. The highest BCUT2D eigenvalue weighted by Crippen LogP contribution is 2.30. The summed E-state index contributed by atoms with van der Waals surface area (Å²) < 4.78 is 9.80. The molecule has 1 heterocycles. The van der Waals surface area contributed by atoms with Gasteiger partial charge in [0.25, 0.3) is 5.91 Å². The summed E-state index contributed by atoms with van der Waals surface area (Å²) in [6.45, 7) is -0.882. The third-order valence-electron chi connectivity index (χ3n) is 5.06. The Kier molecular flexibility index (Phi) is 8.44. The van der Waals surface area contributed by atoms with Crippen LogP contribution in [-0.2, 0) is 25.7 Å². The van der Waals surface area contributed by atoms with Crippen molar-refractivity contribution in [1.29, 1.82) is 0 Å². The van der Waals surface area contributed by atoms with Gasteiger partial charge in [0.2, 0.25) is 11.8 Å². The molecular formula is C23H24ClN3O7. The minimum Gasteiger partial charge on any atom is -0.491 e. The molecule has 0 aromatic heterocycles. The van der Waals surface area contributed by atoms with Gasteiger partial charge in [0.1, 0.15) is 25.4 Å². The first-order valence-corrected chi connectivity index (χ1v) is 10.8. The SMILES string of the molecule is COC(=O)CNC(=O)CN1Cc2ccccc2N(C(=O)c2ccc(OCCO)cc2Cl)CC1=O. The molecule has 3 rings (SSSR count). The molecule has 0 saturated heterocycles. The molecule has 0 radical (unpaired) electrons. The molecule has 11 heteroatoms. The zero-order chi connectivity index (χ0) is 24.7. The maximum Gasteiger partial charge on any atom is 0.325 e. The van der Waals surface area contributed by atoms with E-state index in [1.807, 2.05) is 0 Å². The molecule has 1 aliphatic rings. The molecule has 34 heavy (non-hydrogen) atoms. The van der Waals surface area contributed by atoms with Gasteiger partial charge in [0, 0.05) is 12.2 Å². The van der Waals surface area contributed by atoms with Gasteiger partial charge < -0.3 is 24.8 Å². The summed E-state index contributed by atoms with van der Waals surface area (Å²) in [5.41, 5.74) is 1.36. The summed E-state index contributed by atoms with van der Waals surface area (Å²) in [7, 11) is 1.21. The number of fused-ring (bicyclic) bond motifs is 1. The molecule has 1 aliphatic heterocycles. The van der Waals surface area contributed by atoms with Crippen molar-refractivity contribution in [3.63, 3.8) is 0 Å². The lowest BCUT2D eigenvalue weighted by molar-refractivity contribution is -0.141. The summed E-state index contributed by atoms with van der Waals surface area (Å²) in [5, 5.41) is 11.4. The summed E-state index contributed by atoms with van der Waals surface area (Å²) in [6, 6.07) is 11.5. The van der Waals surface area contributed by atoms with Gasteiger partial charge in [-0.15, -0.1) is 0 Å². The van der Waals surface area contributed by atoms with Crippen LogP contribution in [0.25, 0.3) is 0 Å². The predicted molar refractivity (Wildman–Crippen MR) is 123 cm³/mol. The quantitative estimate of drug-likeness (QED) is 0.529. The number of nitrogens with zero attached hydrogens (tertiary/aromatic N) is 2. The number of halogens is 1. The average Bonchev–Trinajstić information content (AvgIpc) is 2.97. The Morgan fingerprint density at radius 3 is 2.62 bits per heavy atom. The number of benzene rings is 2. The molecular weight excluding hydrogens is 466 g/mol. The van der Waals surface area contributed by atoms with Gasteiger partial charge in [0.05, 0.1) is 30.8 Å². The van der Waals surface area contributed by atoms with Crippen molar-refractivity contribution in [3.8, 4) is 5.75 Å². The molecule has 2 aromatic rings. The Morgan fingerprint density at radius 2 is 1.91 bits per heavy atom. The maximum absolute atomic E-state index is 13.4. The van der Waals surface area contributed by atoms with Crippen LogP contribution in [0.1, 0.15) is 15.9 Å². The Morgan fingerprint density at radius 1 is 1.15 bits per heavy atom. The van der Waals surface area contributed by atoms with Gasteiger partial charge in [0.15, 0.2) is 0 Å². The number of methoxy groups -OCH3 is 1. The van der Waals surface area contributed by atoms with Crippen molar-refractivity contribution in [2.75, 3.05) is 44.9 Å². The Labute approximate surface area is 201 Å². The van der Waals surface area contributed by atoms with Crippen molar-refractivity contribution < 1.29 is 33.8 Å². The first-order chi connectivity index (χ1) is 16.3. The van der Waals surface area contributed by atoms with Crippen molar-refractivity contribution in [1.82, 2.24) is 10.2 Å². The van der Waals surface area contributed by atoms with Gasteiger partial charge in [-0.2, -0.15) is 0 Å². The summed E-state index contributed by atoms with van der Waals surface area (Å²) in [4.78, 5) is 52.5. The van der Waals surface area contributed by atoms with Gasteiger partial charge in [-0.25, -0.2) is 0 Å². The van der Waals surface area contributed by atoms with E-state index in [0.717, 1.165) is 0 Å². The van der Waals surface area contributed by atoms with Crippen LogP contribution >= 0.6 is 11.6 Å². The fourth-order valence-corrected chi connectivity index (χ4v) is 3.64. The number of carbonyl (C=O) groups is 4. The van der Waals surface area contributed by atoms with Crippen LogP contribution in [0.15, 0.2) is 42.5 Å². The van der Waals surface area contributed by atoms with E-state index in [4.69, 9.17) is 21.4 Å². The zero-order valence-electron chi connectivity index (χ0n) is 18.5. The number of para-hydroxylation sites is 1. The Hall–Kier alpha value is -3.63. The molecule has 0 fully saturated rings. The van der Waals surface area contributed by atoms with Gasteiger partial charge in [-0.05, 0) is 29.8 Å². The summed E-state index contributed by atoms with van der Waals surface area (Å²) >= 11 is 6.32. The lowest BCUT2D eigenvalue weighted by atomic mass is 10.1. The second-order valence-electron chi connectivity index (χ2n) is 7.34. The van der Waals surface area contributed by atoms with Crippen LogP contribution in [0, 0.1) is 0 Å². The van der Waals surface area contributed by atoms with Crippen LogP contribution in [0.3, 0.4) is 0 Å². The molecule has 3 amide bonds. The van der Waals surface area contributed by atoms with Crippen molar-refractivity contribution in [2.24, 2.45) is 0 Å². The van der Waals surface area contributed by atoms with E-state index >= 15 is 0 Å². The highest BCUT2D eigenvalue weighted by atomic mass is 35.5. The van der Waals surface area contributed by atoms with E-state index in [-0.39, 0.29) is 50.0 Å². The van der Waals surface area contributed by atoms with E-state index < -0.39 is 23.7 Å². The molecule has 2 aromatic carbocycles. The second kappa shape index (κ2) is 11.5. The average molecular weight is 490 g/mol. The minimum atomic E-state index is -0.609. The number of rotatable bonds is 8. The summed E-state index contributed by atoms with van der Waals surface area (Å²) in [5.74, 6) is -1.68. The molecule has 0 saturated carbocycles. The molecule has 0 spiro atoms. The fourth-order valence-electron chi connectivity index (χ4n) is 3.39. The van der Waals surface area contributed by atoms with Crippen LogP contribution in [-0.4, -0.2) is 73.7 Å². The number of nitrogens with one attached hydrogen (secondary N) is 1. The number of aliphatic hydroxyl groups excluding tert-OH is 1.